The Morgan fingerprint density at radius 1 is 1.10 bits per heavy atom. The summed E-state index contributed by atoms with van der Waals surface area (Å²) in [7, 11) is 0. The highest BCUT2D eigenvalue weighted by atomic mass is 35.5. The van der Waals surface area contributed by atoms with E-state index in [1.807, 2.05) is 4.90 Å². The summed E-state index contributed by atoms with van der Waals surface area (Å²) >= 11 is 5.85. The van der Waals surface area contributed by atoms with Crippen molar-refractivity contribution >= 4 is 17.5 Å². The average Bonchev–Trinajstić information content (AvgIpc) is 2.48. The molecule has 1 aromatic rings. The highest BCUT2D eigenvalue weighted by Crippen LogP contribution is 2.13. The molecule has 0 saturated carbocycles. The number of nitrogens with zero attached hydrogens (tertiary/aromatic N) is 2. The Morgan fingerprint density at radius 3 is 2.35 bits per heavy atom. The van der Waals surface area contributed by atoms with Crippen LogP contribution in [0.2, 0.25) is 5.02 Å². The maximum atomic E-state index is 12.3. The summed E-state index contributed by atoms with van der Waals surface area (Å²) in [6.07, 6.45) is 3.82. The van der Waals surface area contributed by atoms with Gasteiger partial charge in [0.2, 0.25) is 0 Å². The van der Waals surface area contributed by atoms with Crippen molar-refractivity contribution in [2.24, 2.45) is 0 Å². The third-order valence-electron chi connectivity index (χ3n) is 3.83. The van der Waals surface area contributed by atoms with Crippen LogP contribution < -0.4 is 0 Å². The second-order valence-corrected chi connectivity index (χ2v) is 5.78. The highest BCUT2D eigenvalue weighted by molar-refractivity contribution is 6.30. The number of hydrogen-bond donors (Lipinski definition) is 0. The lowest BCUT2D eigenvalue weighted by Crippen LogP contribution is -2.48. The molecular formula is C16H23ClN2O. The van der Waals surface area contributed by atoms with Crippen molar-refractivity contribution in [1.82, 2.24) is 9.80 Å². The molecule has 3 nitrogen and oxygen atoms in total. The average molecular weight is 295 g/mol. The largest absolute Gasteiger partial charge is 0.336 e. The molecule has 20 heavy (non-hydrogen) atoms. The van der Waals surface area contributed by atoms with Gasteiger partial charge in [0.25, 0.3) is 5.91 Å². The number of hydrogen-bond acceptors (Lipinski definition) is 2. The zero-order chi connectivity index (χ0) is 14.4. The van der Waals surface area contributed by atoms with E-state index in [0.717, 1.165) is 38.3 Å². The number of carbonyl (C=O) groups is 1. The molecule has 1 aromatic carbocycles. The fraction of sp³-hybridized carbons (Fsp3) is 0.562. The molecule has 0 radical (unpaired) electrons. The Balaban J connectivity index is 1.81. The lowest BCUT2D eigenvalue weighted by molar-refractivity contribution is 0.0635. The van der Waals surface area contributed by atoms with Crippen molar-refractivity contribution in [3.05, 3.63) is 34.9 Å². The first-order valence-corrected chi connectivity index (χ1v) is 7.85. The molecule has 1 amide bonds. The number of benzene rings is 1. The Bertz CT molecular complexity index is 425. The predicted molar refractivity (Wildman–Crippen MR) is 83.3 cm³/mol. The smallest absolute Gasteiger partial charge is 0.253 e. The molecular weight excluding hydrogens is 272 g/mol. The van der Waals surface area contributed by atoms with E-state index in [0.29, 0.717) is 5.02 Å². The van der Waals surface area contributed by atoms with Crippen LogP contribution in [0.3, 0.4) is 0 Å². The SMILES string of the molecule is CCCCCN1CCN(C(=O)c2ccc(Cl)cc2)CC1. The van der Waals surface area contributed by atoms with Crippen LogP contribution >= 0.6 is 11.6 Å². The van der Waals surface area contributed by atoms with Crippen molar-refractivity contribution in [3.63, 3.8) is 0 Å². The van der Waals surface area contributed by atoms with Crippen molar-refractivity contribution in [2.75, 3.05) is 32.7 Å². The summed E-state index contributed by atoms with van der Waals surface area (Å²) in [6.45, 7) is 7.02. The van der Waals surface area contributed by atoms with Crippen LogP contribution in [0.15, 0.2) is 24.3 Å². The second kappa shape index (κ2) is 7.65. The van der Waals surface area contributed by atoms with Gasteiger partial charge in [0, 0.05) is 36.8 Å². The van der Waals surface area contributed by atoms with Gasteiger partial charge in [-0.25, -0.2) is 0 Å². The van der Waals surface area contributed by atoms with Gasteiger partial charge in [0.15, 0.2) is 0 Å². The molecule has 1 saturated heterocycles. The number of rotatable bonds is 5. The van der Waals surface area contributed by atoms with Gasteiger partial charge in [0.1, 0.15) is 0 Å². The molecule has 0 unspecified atom stereocenters. The molecule has 1 aliphatic rings. The summed E-state index contributed by atoms with van der Waals surface area (Å²) in [5.41, 5.74) is 0.730. The fourth-order valence-electron chi connectivity index (χ4n) is 2.54. The molecule has 4 heteroatoms. The first-order valence-electron chi connectivity index (χ1n) is 7.48. The van der Waals surface area contributed by atoms with Crippen molar-refractivity contribution < 1.29 is 4.79 Å². The molecule has 110 valence electrons. The number of amides is 1. The van der Waals surface area contributed by atoms with Gasteiger partial charge in [-0.2, -0.15) is 0 Å². The van der Waals surface area contributed by atoms with Crippen LogP contribution in [0.1, 0.15) is 36.5 Å². The molecule has 0 N–H and O–H groups in total. The maximum Gasteiger partial charge on any atom is 0.253 e. The van der Waals surface area contributed by atoms with Gasteiger partial charge in [-0.3, -0.25) is 9.69 Å². The van der Waals surface area contributed by atoms with E-state index in [2.05, 4.69) is 11.8 Å². The van der Waals surface area contributed by atoms with E-state index in [9.17, 15) is 4.79 Å². The number of carbonyl (C=O) groups excluding carboxylic acids is 1. The Kier molecular flexibility index (Phi) is 5.86. The summed E-state index contributed by atoms with van der Waals surface area (Å²) in [5.74, 6) is 0.120. The van der Waals surface area contributed by atoms with Crippen LogP contribution in [0.4, 0.5) is 0 Å². The zero-order valence-electron chi connectivity index (χ0n) is 12.1. The Morgan fingerprint density at radius 2 is 1.75 bits per heavy atom. The van der Waals surface area contributed by atoms with Gasteiger partial charge in [0.05, 0.1) is 0 Å². The molecule has 0 bridgehead atoms. The number of unbranched alkanes of at least 4 members (excludes halogenated alkanes) is 2. The van der Waals surface area contributed by atoms with Gasteiger partial charge in [-0.15, -0.1) is 0 Å². The van der Waals surface area contributed by atoms with Gasteiger partial charge >= 0.3 is 0 Å². The van der Waals surface area contributed by atoms with Crippen molar-refractivity contribution in [3.8, 4) is 0 Å². The van der Waals surface area contributed by atoms with E-state index >= 15 is 0 Å². The lowest BCUT2D eigenvalue weighted by atomic mass is 10.1. The van der Waals surface area contributed by atoms with Gasteiger partial charge in [-0.05, 0) is 37.2 Å². The maximum absolute atomic E-state index is 12.3. The van der Waals surface area contributed by atoms with E-state index in [-0.39, 0.29) is 5.91 Å². The second-order valence-electron chi connectivity index (χ2n) is 5.35. The van der Waals surface area contributed by atoms with Crippen LogP contribution in [-0.2, 0) is 0 Å². The van der Waals surface area contributed by atoms with Gasteiger partial charge in [-0.1, -0.05) is 31.4 Å². The first kappa shape index (κ1) is 15.3. The monoisotopic (exact) mass is 294 g/mol. The molecule has 1 aliphatic heterocycles. The minimum Gasteiger partial charge on any atom is -0.336 e. The molecule has 1 fully saturated rings. The van der Waals surface area contributed by atoms with Crippen LogP contribution in [0, 0.1) is 0 Å². The molecule has 0 atom stereocenters. The van der Waals surface area contributed by atoms with Crippen molar-refractivity contribution in [2.45, 2.75) is 26.2 Å². The predicted octanol–water partition coefficient (Wildman–Crippen LogP) is 3.29. The van der Waals surface area contributed by atoms with E-state index in [1.165, 1.54) is 19.3 Å². The quantitative estimate of drug-likeness (QED) is 0.778. The summed E-state index contributed by atoms with van der Waals surface area (Å²) < 4.78 is 0. The Hall–Kier alpha value is -1.06. The summed E-state index contributed by atoms with van der Waals surface area (Å²) in [4.78, 5) is 16.7. The van der Waals surface area contributed by atoms with E-state index in [4.69, 9.17) is 11.6 Å². The van der Waals surface area contributed by atoms with Crippen LogP contribution in [0.25, 0.3) is 0 Å². The number of halogens is 1. The summed E-state index contributed by atoms with van der Waals surface area (Å²) in [6, 6.07) is 7.15. The number of piperazine rings is 1. The topological polar surface area (TPSA) is 23.6 Å². The molecule has 0 aromatic heterocycles. The molecule has 0 aliphatic carbocycles. The third kappa shape index (κ3) is 4.22. The summed E-state index contributed by atoms with van der Waals surface area (Å²) in [5, 5.41) is 0.669. The molecule has 0 spiro atoms. The standard InChI is InChI=1S/C16H23ClN2O/c1-2-3-4-9-18-10-12-19(13-11-18)16(20)14-5-7-15(17)8-6-14/h5-8H,2-4,9-13H2,1H3. The van der Waals surface area contributed by atoms with E-state index in [1.54, 1.807) is 24.3 Å². The molecule has 1 heterocycles. The minimum absolute atomic E-state index is 0.120. The lowest BCUT2D eigenvalue weighted by Gasteiger charge is -2.34. The zero-order valence-corrected chi connectivity index (χ0v) is 12.9. The van der Waals surface area contributed by atoms with Crippen molar-refractivity contribution in [1.29, 1.82) is 0 Å². The fourth-order valence-corrected chi connectivity index (χ4v) is 2.66. The van der Waals surface area contributed by atoms with Crippen LogP contribution in [0.5, 0.6) is 0 Å². The Labute approximate surface area is 126 Å². The minimum atomic E-state index is 0.120. The third-order valence-corrected chi connectivity index (χ3v) is 4.08. The first-order chi connectivity index (χ1) is 9.70. The highest BCUT2D eigenvalue weighted by Gasteiger charge is 2.21. The van der Waals surface area contributed by atoms with Gasteiger partial charge < -0.3 is 4.90 Å². The molecule has 2 rings (SSSR count). The normalized spacial score (nSPS) is 16.4. The van der Waals surface area contributed by atoms with E-state index < -0.39 is 0 Å². The van der Waals surface area contributed by atoms with Crippen LogP contribution in [-0.4, -0.2) is 48.4 Å².